The minimum absolute atomic E-state index is 0.342. The van der Waals surface area contributed by atoms with Gasteiger partial charge in [0, 0.05) is 25.1 Å². The Labute approximate surface area is 117 Å². The Morgan fingerprint density at radius 1 is 1.35 bits per heavy atom. The summed E-state index contributed by atoms with van der Waals surface area (Å²) in [6.07, 6.45) is 9.96. The molecule has 1 aromatic rings. The second kappa shape index (κ2) is 4.84. The van der Waals surface area contributed by atoms with Crippen LogP contribution in [0, 0.1) is 0 Å². The Morgan fingerprint density at radius 3 is 2.90 bits per heavy atom. The van der Waals surface area contributed by atoms with Crippen molar-refractivity contribution in [2.45, 2.75) is 6.92 Å². The number of aromatic nitrogens is 2. The molecule has 2 N–H and O–H groups in total. The smallest absolute Gasteiger partial charge is 0.218 e. The zero-order valence-corrected chi connectivity index (χ0v) is 11.6. The number of nitrogens with zero attached hydrogens (tertiary/aromatic N) is 6. The van der Waals surface area contributed by atoms with Crippen LogP contribution in [0.4, 0.5) is 5.69 Å². The molecule has 0 amide bonds. The van der Waals surface area contributed by atoms with Crippen LogP contribution >= 0.6 is 0 Å². The first-order chi connectivity index (χ1) is 9.63. The third-order valence-electron chi connectivity index (χ3n) is 3.30. The van der Waals surface area contributed by atoms with Crippen molar-refractivity contribution in [2.24, 2.45) is 22.8 Å². The number of anilines is 1. The van der Waals surface area contributed by atoms with E-state index in [2.05, 4.69) is 31.0 Å². The van der Waals surface area contributed by atoms with Crippen molar-refractivity contribution in [3.8, 4) is 0 Å². The Balaban J connectivity index is 1.78. The molecule has 3 heterocycles. The summed E-state index contributed by atoms with van der Waals surface area (Å²) in [5, 5.41) is 4.20. The van der Waals surface area contributed by atoms with Crippen molar-refractivity contribution in [3.05, 3.63) is 36.4 Å². The van der Waals surface area contributed by atoms with E-state index in [0.29, 0.717) is 12.6 Å². The molecule has 7 nitrogen and oxygen atoms in total. The summed E-state index contributed by atoms with van der Waals surface area (Å²) in [6, 6.07) is 0. The molecular formula is C13H17N7. The Morgan fingerprint density at radius 2 is 2.20 bits per heavy atom. The highest BCUT2D eigenvalue weighted by Crippen LogP contribution is 2.21. The Kier molecular flexibility index (Phi) is 3.02. The van der Waals surface area contributed by atoms with E-state index in [4.69, 9.17) is 5.73 Å². The highest BCUT2D eigenvalue weighted by molar-refractivity contribution is 5.96. The van der Waals surface area contributed by atoms with E-state index in [1.807, 2.05) is 38.6 Å². The largest absolute Gasteiger partial charge is 0.368 e. The van der Waals surface area contributed by atoms with Gasteiger partial charge >= 0.3 is 0 Å². The van der Waals surface area contributed by atoms with Crippen molar-refractivity contribution in [3.63, 3.8) is 0 Å². The summed E-state index contributed by atoms with van der Waals surface area (Å²) in [4.78, 5) is 12.6. The average Bonchev–Trinajstić information content (AvgIpc) is 2.86. The number of rotatable bonds is 2. The van der Waals surface area contributed by atoms with E-state index >= 15 is 0 Å². The number of aryl methyl sites for hydroxylation is 1. The van der Waals surface area contributed by atoms with Crippen molar-refractivity contribution in [1.29, 1.82) is 0 Å². The van der Waals surface area contributed by atoms with Crippen LogP contribution in [0.25, 0.3) is 0 Å². The molecule has 2 aliphatic rings. The van der Waals surface area contributed by atoms with E-state index < -0.39 is 0 Å². The molecule has 0 saturated carbocycles. The first-order valence-corrected chi connectivity index (χ1v) is 6.39. The van der Waals surface area contributed by atoms with Crippen LogP contribution in [0.15, 0.2) is 46.4 Å². The predicted octanol–water partition coefficient (Wildman–Crippen LogP) is 0.644. The normalized spacial score (nSPS) is 18.8. The highest BCUT2D eigenvalue weighted by Gasteiger charge is 2.20. The summed E-state index contributed by atoms with van der Waals surface area (Å²) >= 11 is 0. The maximum atomic E-state index is 5.62. The van der Waals surface area contributed by atoms with E-state index in [9.17, 15) is 0 Å². The van der Waals surface area contributed by atoms with Gasteiger partial charge in [0.2, 0.25) is 5.96 Å². The lowest BCUT2D eigenvalue weighted by molar-refractivity contribution is 0.506. The minimum Gasteiger partial charge on any atom is -0.368 e. The minimum atomic E-state index is 0.342. The summed E-state index contributed by atoms with van der Waals surface area (Å²) < 4.78 is 1.79. The van der Waals surface area contributed by atoms with Crippen molar-refractivity contribution < 1.29 is 0 Å². The van der Waals surface area contributed by atoms with Crippen LogP contribution in [0.2, 0.25) is 0 Å². The zero-order chi connectivity index (χ0) is 14.1. The molecule has 0 fully saturated rings. The number of guanidine groups is 1. The number of allylic oxidation sites excluding steroid dienone is 2. The lowest BCUT2D eigenvalue weighted by atomic mass is 10.2. The Hall–Kier alpha value is -2.57. The van der Waals surface area contributed by atoms with Gasteiger partial charge in [-0.2, -0.15) is 5.10 Å². The second-order valence-corrected chi connectivity index (χ2v) is 4.74. The van der Waals surface area contributed by atoms with Gasteiger partial charge in [-0.25, -0.2) is 9.98 Å². The second-order valence-electron chi connectivity index (χ2n) is 4.74. The molecule has 3 rings (SSSR count). The SMILES string of the molecule is CC1=NC(N)=NCN1C1=CC=CN(c2cnn(C)c2)C1. The van der Waals surface area contributed by atoms with E-state index in [1.54, 1.807) is 4.68 Å². The third kappa shape index (κ3) is 2.29. The van der Waals surface area contributed by atoms with Crippen LogP contribution in [0.5, 0.6) is 0 Å². The lowest BCUT2D eigenvalue weighted by Gasteiger charge is -2.32. The highest BCUT2D eigenvalue weighted by atomic mass is 15.3. The monoisotopic (exact) mass is 271 g/mol. The van der Waals surface area contributed by atoms with Crippen LogP contribution in [-0.2, 0) is 7.05 Å². The van der Waals surface area contributed by atoms with Crippen LogP contribution in [0.1, 0.15) is 6.92 Å². The van der Waals surface area contributed by atoms with Crippen molar-refractivity contribution >= 4 is 17.5 Å². The molecule has 2 aliphatic heterocycles. The number of aliphatic imine (C=N–C) groups is 2. The van der Waals surface area contributed by atoms with Gasteiger partial charge in [-0.15, -0.1) is 0 Å². The fourth-order valence-electron chi connectivity index (χ4n) is 2.25. The summed E-state index contributed by atoms with van der Waals surface area (Å²) in [5.74, 6) is 1.21. The molecule has 0 atom stereocenters. The van der Waals surface area contributed by atoms with Gasteiger partial charge in [-0.05, 0) is 19.1 Å². The van der Waals surface area contributed by atoms with Gasteiger partial charge in [-0.3, -0.25) is 4.68 Å². The first-order valence-electron chi connectivity index (χ1n) is 6.39. The molecule has 0 saturated heterocycles. The summed E-state index contributed by atoms with van der Waals surface area (Å²) in [6.45, 7) is 3.21. The molecule has 0 radical (unpaired) electrons. The topological polar surface area (TPSA) is 75.0 Å². The van der Waals surface area contributed by atoms with Crippen LogP contribution in [0.3, 0.4) is 0 Å². The van der Waals surface area contributed by atoms with Crippen LogP contribution in [-0.4, -0.2) is 39.7 Å². The molecular weight excluding hydrogens is 254 g/mol. The van der Waals surface area contributed by atoms with Crippen molar-refractivity contribution in [1.82, 2.24) is 14.7 Å². The van der Waals surface area contributed by atoms with E-state index in [0.717, 1.165) is 23.8 Å². The molecule has 0 aliphatic carbocycles. The van der Waals surface area contributed by atoms with E-state index in [1.165, 1.54) is 0 Å². The predicted molar refractivity (Wildman–Crippen MR) is 79.2 cm³/mol. The van der Waals surface area contributed by atoms with Gasteiger partial charge in [0.25, 0.3) is 0 Å². The molecule has 0 bridgehead atoms. The molecule has 7 heteroatoms. The maximum Gasteiger partial charge on any atom is 0.218 e. The lowest BCUT2D eigenvalue weighted by Crippen LogP contribution is -2.39. The molecule has 0 unspecified atom stereocenters. The van der Waals surface area contributed by atoms with Gasteiger partial charge in [0.15, 0.2) is 0 Å². The van der Waals surface area contributed by atoms with Gasteiger partial charge in [0.05, 0.1) is 18.4 Å². The molecule has 0 spiro atoms. The van der Waals surface area contributed by atoms with Gasteiger partial charge in [0.1, 0.15) is 12.5 Å². The van der Waals surface area contributed by atoms with Crippen LogP contribution < -0.4 is 10.6 Å². The maximum absolute atomic E-state index is 5.62. The van der Waals surface area contributed by atoms with Crippen molar-refractivity contribution in [2.75, 3.05) is 18.1 Å². The van der Waals surface area contributed by atoms with Gasteiger partial charge < -0.3 is 15.5 Å². The third-order valence-corrected chi connectivity index (χ3v) is 3.30. The fraction of sp³-hybridized carbons (Fsp3) is 0.308. The molecule has 0 aromatic carbocycles. The number of hydrogen-bond donors (Lipinski definition) is 1. The molecule has 1 aromatic heterocycles. The molecule has 20 heavy (non-hydrogen) atoms. The fourth-order valence-corrected chi connectivity index (χ4v) is 2.25. The first kappa shape index (κ1) is 12.5. The quantitative estimate of drug-likeness (QED) is 0.856. The summed E-state index contributed by atoms with van der Waals surface area (Å²) in [5.41, 5.74) is 7.81. The number of nitrogens with two attached hydrogens (primary N) is 1. The summed E-state index contributed by atoms with van der Waals surface area (Å²) in [7, 11) is 1.91. The van der Waals surface area contributed by atoms with Gasteiger partial charge in [-0.1, -0.05) is 0 Å². The average molecular weight is 271 g/mol. The molecule has 104 valence electrons. The number of hydrogen-bond acceptors (Lipinski definition) is 6. The zero-order valence-electron chi connectivity index (χ0n) is 11.6. The Bertz CT molecular complexity index is 635. The van der Waals surface area contributed by atoms with E-state index in [-0.39, 0.29) is 0 Å². The number of amidine groups is 1. The standard InChI is InChI=1S/C13H17N7/c1-10-17-13(14)15-9-20(10)11-4-3-5-19(8-11)12-6-16-18(2)7-12/h3-7H,8-9H2,1-2H3,(H2,14,15).